The van der Waals surface area contributed by atoms with E-state index in [1.165, 1.54) is 4.57 Å². The Morgan fingerprint density at radius 3 is 2.67 bits per heavy atom. The van der Waals surface area contributed by atoms with Crippen LogP contribution in [-0.2, 0) is 16.4 Å². The maximum absolute atomic E-state index is 10.9. The number of hydrogen-bond acceptors (Lipinski definition) is 4. The molecule has 0 aliphatic rings. The largest absolute Gasteiger partial charge is 0.307 e. The van der Waals surface area contributed by atoms with E-state index < -0.39 is 9.84 Å². The molecule has 1 rings (SSSR count). The fraction of sp³-hybridized carbons (Fsp3) is 0.500. The van der Waals surface area contributed by atoms with Gasteiger partial charge in [-0.25, -0.2) is 8.42 Å². The second-order valence-electron chi connectivity index (χ2n) is 2.49. The molecule has 0 aromatic carbocycles. The van der Waals surface area contributed by atoms with Crippen molar-refractivity contribution in [1.82, 2.24) is 4.57 Å². The second kappa shape index (κ2) is 3.40. The Hall–Kier alpha value is -0.620. The van der Waals surface area contributed by atoms with Crippen LogP contribution in [0.3, 0.4) is 0 Å². The van der Waals surface area contributed by atoms with Crippen LogP contribution in [0.15, 0.2) is 16.4 Å². The lowest BCUT2D eigenvalue weighted by molar-refractivity contribution is 0.594. The predicted molar refractivity (Wildman–Crippen MR) is 48.3 cm³/mol. The quantitative estimate of drug-likeness (QED) is 0.698. The number of sulfone groups is 1. The highest BCUT2D eigenvalue weighted by Gasteiger charge is 2.03. The lowest BCUT2D eigenvalue weighted by Crippen LogP contribution is -2.18. The maximum atomic E-state index is 10.9. The molecule has 0 fully saturated rings. The Labute approximate surface area is 74.4 Å². The Morgan fingerprint density at radius 2 is 2.25 bits per heavy atom. The van der Waals surface area contributed by atoms with Crippen molar-refractivity contribution >= 4 is 21.2 Å². The van der Waals surface area contributed by atoms with E-state index in [9.17, 15) is 13.2 Å². The van der Waals surface area contributed by atoms with Crippen molar-refractivity contribution in [2.75, 3.05) is 12.0 Å². The molecule has 68 valence electrons. The smallest absolute Gasteiger partial charge is 0.305 e. The zero-order valence-electron chi connectivity index (χ0n) is 6.56. The highest BCUT2D eigenvalue weighted by Crippen LogP contribution is 1.91. The fourth-order valence-electron chi connectivity index (χ4n) is 0.721. The summed E-state index contributed by atoms with van der Waals surface area (Å²) in [7, 11) is -2.97. The van der Waals surface area contributed by atoms with Crippen LogP contribution in [0.5, 0.6) is 0 Å². The van der Waals surface area contributed by atoms with Crippen LogP contribution >= 0.6 is 11.3 Å². The average Bonchev–Trinajstić information content (AvgIpc) is 2.29. The minimum Gasteiger partial charge on any atom is -0.305 e. The van der Waals surface area contributed by atoms with Crippen LogP contribution in [-0.4, -0.2) is 25.0 Å². The lowest BCUT2D eigenvalue weighted by Gasteiger charge is -1.97. The summed E-state index contributed by atoms with van der Waals surface area (Å²) in [6, 6.07) is 0. The van der Waals surface area contributed by atoms with Gasteiger partial charge in [0, 0.05) is 24.4 Å². The topological polar surface area (TPSA) is 56.1 Å². The van der Waals surface area contributed by atoms with Gasteiger partial charge >= 0.3 is 4.87 Å². The first kappa shape index (κ1) is 9.47. The molecular weight excluding hydrogens is 198 g/mol. The number of thiazole rings is 1. The third-order valence-electron chi connectivity index (χ3n) is 1.35. The van der Waals surface area contributed by atoms with E-state index in [0.29, 0.717) is 0 Å². The molecule has 0 spiro atoms. The molecule has 0 saturated heterocycles. The van der Waals surface area contributed by atoms with Gasteiger partial charge in [-0.15, -0.1) is 0 Å². The summed E-state index contributed by atoms with van der Waals surface area (Å²) >= 11 is 1.07. The van der Waals surface area contributed by atoms with E-state index in [4.69, 9.17) is 0 Å². The van der Waals surface area contributed by atoms with Crippen LogP contribution in [0, 0.1) is 0 Å². The number of aryl methyl sites for hydroxylation is 1. The zero-order chi connectivity index (χ0) is 9.19. The van der Waals surface area contributed by atoms with Gasteiger partial charge in [0.05, 0.1) is 5.75 Å². The molecule has 0 N–H and O–H groups in total. The minimum absolute atomic E-state index is 0.0175. The van der Waals surface area contributed by atoms with Crippen molar-refractivity contribution in [2.24, 2.45) is 0 Å². The summed E-state index contributed by atoms with van der Waals surface area (Å²) in [5.41, 5.74) is 0. The van der Waals surface area contributed by atoms with Crippen LogP contribution < -0.4 is 4.87 Å². The Morgan fingerprint density at radius 1 is 1.58 bits per heavy atom. The number of aromatic nitrogens is 1. The molecule has 0 amide bonds. The van der Waals surface area contributed by atoms with Crippen LogP contribution in [0.4, 0.5) is 0 Å². The van der Waals surface area contributed by atoms with Crippen molar-refractivity contribution in [1.29, 1.82) is 0 Å². The standard InChI is InChI=1S/C6H9NO3S2/c1-12(9,10)5-3-7-2-4-11-6(7)8/h2,4H,3,5H2,1H3. The monoisotopic (exact) mass is 207 g/mol. The van der Waals surface area contributed by atoms with Crippen LogP contribution in [0.1, 0.15) is 0 Å². The van der Waals surface area contributed by atoms with Crippen molar-refractivity contribution in [3.63, 3.8) is 0 Å². The van der Waals surface area contributed by atoms with Crippen molar-refractivity contribution < 1.29 is 8.42 Å². The first-order valence-electron chi connectivity index (χ1n) is 3.31. The molecule has 0 bridgehead atoms. The molecule has 0 atom stereocenters. The van der Waals surface area contributed by atoms with Crippen LogP contribution in [0.25, 0.3) is 0 Å². The third kappa shape index (κ3) is 2.78. The lowest BCUT2D eigenvalue weighted by atomic mass is 10.7. The fourth-order valence-corrected chi connectivity index (χ4v) is 1.86. The molecule has 1 aromatic rings. The van der Waals surface area contributed by atoms with E-state index >= 15 is 0 Å². The van der Waals surface area contributed by atoms with Crippen molar-refractivity contribution in [3.8, 4) is 0 Å². The number of rotatable bonds is 3. The summed E-state index contributed by atoms with van der Waals surface area (Å²) < 4.78 is 22.8. The van der Waals surface area contributed by atoms with E-state index in [1.54, 1.807) is 11.6 Å². The molecule has 1 aromatic heterocycles. The molecule has 1 heterocycles. The molecule has 0 unspecified atom stereocenters. The van der Waals surface area contributed by atoms with E-state index in [-0.39, 0.29) is 17.2 Å². The van der Waals surface area contributed by atoms with Gasteiger partial charge in [-0.2, -0.15) is 0 Å². The van der Waals surface area contributed by atoms with Gasteiger partial charge in [0.15, 0.2) is 0 Å². The highest BCUT2D eigenvalue weighted by molar-refractivity contribution is 7.90. The first-order valence-corrected chi connectivity index (χ1v) is 6.25. The zero-order valence-corrected chi connectivity index (χ0v) is 8.19. The minimum atomic E-state index is -2.97. The molecule has 0 radical (unpaired) electrons. The highest BCUT2D eigenvalue weighted by atomic mass is 32.2. The van der Waals surface area contributed by atoms with Gasteiger partial charge in [0.2, 0.25) is 0 Å². The molecule has 12 heavy (non-hydrogen) atoms. The normalized spacial score (nSPS) is 11.8. The number of hydrogen-bond donors (Lipinski definition) is 0. The Balaban J connectivity index is 2.67. The molecule has 4 nitrogen and oxygen atoms in total. The average molecular weight is 207 g/mol. The predicted octanol–water partition coefficient (Wildman–Crippen LogP) is -0.0456. The third-order valence-corrected chi connectivity index (χ3v) is 2.97. The van der Waals surface area contributed by atoms with Gasteiger partial charge in [-0.05, 0) is 0 Å². The van der Waals surface area contributed by atoms with Gasteiger partial charge in [0.25, 0.3) is 0 Å². The summed E-state index contributed by atoms with van der Waals surface area (Å²) in [5.74, 6) is 0.0175. The summed E-state index contributed by atoms with van der Waals surface area (Å²) in [6.07, 6.45) is 2.75. The van der Waals surface area contributed by atoms with Crippen LogP contribution in [0.2, 0.25) is 0 Å². The molecule has 6 heteroatoms. The van der Waals surface area contributed by atoms with Crippen molar-refractivity contribution in [3.05, 3.63) is 21.2 Å². The molecule has 0 aliphatic heterocycles. The SMILES string of the molecule is CS(=O)(=O)CCn1ccsc1=O. The first-order chi connectivity index (χ1) is 5.49. The van der Waals surface area contributed by atoms with E-state index in [0.717, 1.165) is 17.6 Å². The molecule has 0 saturated carbocycles. The van der Waals surface area contributed by atoms with Gasteiger partial charge < -0.3 is 4.57 Å². The Bertz CT molecular complexity index is 400. The molecule has 0 aliphatic carbocycles. The summed E-state index contributed by atoms with van der Waals surface area (Å²) in [6.45, 7) is 0.251. The van der Waals surface area contributed by atoms with Gasteiger partial charge in [-0.3, -0.25) is 4.79 Å². The summed E-state index contributed by atoms with van der Waals surface area (Å²) in [5, 5.41) is 1.64. The Kier molecular flexibility index (Phi) is 2.69. The van der Waals surface area contributed by atoms with Crippen molar-refractivity contribution in [2.45, 2.75) is 6.54 Å². The van der Waals surface area contributed by atoms with Gasteiger partial charge in [-0.1, -0.05) is 11.3 Å². The molecular formula is C6H9NO3S2. The van der Waals surface area contributed by atoms with E-state index in [1.807, 2.05) is 0 Å². The maximum Gasteiger partial charge on any atom is 0.307 e. The van der Waals surface area contributed by atoms with Gasteiger partial charge in [0.1, 0.15) is 9.84 Å². The number of nitrogens with zero attached hydrogens (tertiary/aromatic N) is 1. The second-order valence-corrected chi connectivity index (χ2v) is 5.61. The van der Waals surface area contributed by atoms with E-state index in [2.05, 4.69) is 0 Å². The summed E-state index contributed by atoms with van der Waals surface area (Å²) in [4.78, 5) is 10.8.